The number of hydrogen-bond acceptors (Lipinski definition) is 2. The van der Waals surface area contributed by atoms with Crippen LogP contribution in [0.5, 0.6) is 0 Å². The minimum atomic E-state index is -0.203. The van der Waals surface area contributed by atoms with Gasteiger partial charge in [-0.2, -0.15) is 0 Å². The highest BCUT2D eigenvalue weighted by Crippen LogP contribution is 2.19. The first kappa shape index (κ1) is 12.7. The van der Waals surface area contributed by atoms with Crippen LogP contribution in [-0.4, -0.2) is 12.0 Å². The lowest BCUT2D eigenvalue weighted by atomic mass is 10.00. The third-order valence-electron chi connectivity index (χ3n) is 3.11. The number of halogens is 1. The first-order valence-electron chi connectivity index (χ1n) is 6.04. The Labute approximate surface area is 107 Å². The van der Waals surface area contributed by atoms with Crippen molar-refractivity contribution in [2.45, 2.75) is 19.4 Å². The minimum absolute atomic E-state index is 0.0781. The SMILES string of the molecule is CNC(Cc1ncccc1C)c1cccc(F)c1. The van der Waals surface area contributed by atoms with Gasteiger partial charge in [-0.3, -0.25) is 4.98 Å². The molecule has 1 unspecified atom stereocenters. The maximum atomic E-state index is 13.2. The summed E-state index contributed by atoms with van der Waals surface area (Å²) in [6.45, 7) is 2.04. The fraction of sp³-hybridized carbons (Fsp3) is 0.267. The van der Waals surface area contributed by atoms with E-state index in [9.17, 15) is 4.39 Å². The molecule has 0 aliphatic rings. The molecule has 0 fully saturated rings. The number of benzene rings is 1. The third-order valence-corrected chi connectivity index (χ3v) is 3.11. The van der Waals surface area contributed by atoms with E-state index < -0.39 is 0 Å². The quantitative estimate of drug-likeness (QED) is 0.894. The largest absolute Gasteiger partial charge is 0.313 e. The van der Waals surface area contributed by atoms with Crippen molar-refractivity contribution < 1.29 is 4.39 Å². The third kappa shape index (κ3) is 2.93. The average Bonchev–Trinajstić information content (AvgIpc) is 2.38. The summed E-state index contributed by atoms with van der Waals surface area (Å²) < 4.78 is 13.2. The minimum Gasteiger partial charge on any atom is -0.313 e. The fourth-order valence-electron chi connectivity index (χ4n) is 2.04. The van der Waals surface area contributed by atoms with Gasteiger partial charge in [-0.15, -0.1) is 0 Å². The van der Waals surface area contributed by atoms with Gasteiger partial charge >= 0.3 is 0 Å². The molecule has 0 amide bonds. The van der Waals surface area contributed by atoms with Crippen LogP contribution in [0.4, 0.5) is 4.39 Å². The van der Waals surface area contributed by atoms with Crippen LogP contribution in [0.3, 0.4) is 0 Å². The van der Waals surface area contributed by atoms with Gasteiger partial charge in [0.25, 0.3) is 0 Å². The molecule has 2 nitrogen and oxygen atoms in total. The first-order chi connectivity index (χ1) is 8.70. The average molecular weight is 244 g/mol. The Morgan fingerprint density at radius 2 is 2.11 bits per heavy atom. The number of hydrogen-bond donors (Lipinski definition) is 1. The van der Waals surface area contributed by atoms with Gasteiger partial charge in [0, 0.05) is 24.4 Å². The molecule has 94 valence electrons. The van der Waals surface area contributed by atoms with Gasteiger partial charge in [-0.05, 0) is 43.3 Å². The second-order valence-electron chi connectivity index (χ2n) is 4.37. The molecule has 3 heteroatoms. The molecule has 1 aromatic carbocycles. The molecule has 2 rings (SSSR count). The van der Waals surface area contributed by atoms with Gasteiger partial charge in [0.2, 0.25) is 0 Å². The monoisotopic (exact) mass is 244 g/mol. The maximum absolute atomic E-state index is 13.2. The number of aromatic nitrogens is 1. The number of likely N-dealkylation sites (N-methyl/N-ethyl adjacent to an activating group) is 1. The summed E-state index contributed by atoms with van der Waals surface area (Å²) in [6.07, 6.45) is 2.55. The molecule has 2 aromatic rings. The van der Waals surface area contributed by atoms with E-state index in [1.807, 2.05) is 32.2 Å². The van der Waals surface area contributed by atoms with Gasteiger partial charge in [0.05, 0.1) is 0 Å². The Morgan fingerprint density at radius 1 is 1.28 bits per heavy atom. The lowest BCUT2D eigenvalue weighted by Crippen LogP contribution is -2.20. The summed E-state index contributed by atoms with van der Waals surface area (Å²) in [5, 5.41) is 3.21. The summed E-state index contributed by atoms with van der Waals surface area (Å²) in [5.74, 6) is -0.203. The summed E-state index contributed by atoms with van der Waals surface area (Å²) >= 11 is 0. The zero-order valence-electron chi connectivity index (χ0n) is 10.7. The van der Waals surface area contributed by atoms with E-state index >= 15 is 0 Å². The molecule has 1 heterocycles. The predicted molar refractivity (Wildman–Crippen MR) is 70.9 cm³/mol. The van der Waals surface area contributed by atoms with Crippen LogP contribution in [0.25, 0.3) is 0 Å². The molecule has 18 heavy (non-hydrogen) atoms. The highest BCUT2D eigenvalue weighted by atomic mass is 19.1. The van der Waals surface area contributed by atoms with Crippen molar-refractivity contribution >= 4 is 0 Å². The Balaban J connectivity index is 2.23. The van der Waals surface area contributed by atoms with Crippen LogP contribution in [0, 0.1) is 12.7 Å². The van der Waals surface area contributed by atoms with E-state index in [4.69, 9.17) is 0 Å². The number of nitrogens with zero attached hydrogens (tertiary/aromatic N) is 1. The first-order valence-corrected chi connectivity index (χ1v) is 6.04. The molecule has 1 atom stereocenters. The molecule has 0 saturated heterocycles. The van der Waals surface area contributed by atoms with Crippen molar-refractivity contribution in [2.24, 2.45) is 0 Å². The Hall–Kier alpha value is -1.74. The van der Waals surface area contributed by atoms with Crippen LogP contribution in [0.15, 0.2) is 42.6 Å². The Kier molecular flexibility index (Phi) is 4.05. The van der Waals surface area contributed by atoms with Crippen LogP contribution >= 0.6 is 0 Å². The van der Waals surface area contributed by atoms with Gasteiger partial charge in [0.1, 0.15) is 5.82 Å². The normalized spacial score (nSPS) is 12.4. The van der Waals surface area contributed by atoms with E-state index in [0.29, 0.717) is 0 Å². The van der Waals surface area contributed by atoms with E-state index in [0.717, 1.165) is 23.2 Å². The topological polar surface area (TPSA) is 24.9 Å². The van der Waals surface area contributed by atoms with Crippen LogP contribution in [-0.2, 0) is 6.42 Å². The predicted octanol–water partition coefficient (Wildman–Crippen LogP) is 3.03. The lowest BCUT2D eigenvalue weighted by molar-refractivity contribution is 0.570. The van der Waals surface area contributed by atoms with E-state index in [1.165, 1.54) is 6.07 Å². The van der Waals surface area contributed by atoms with E-state index in [1.54, 1.807) is 18.3 Å². The number of pyridine rings is 1. The smallest absolute Gasteiger partial charge is 0.123 e. The van der Waals surface area contributed by atoms with Gasteiger partial charge in [0.15, 0.2) is 0 Å². The summed E-state index contributed by atoms with van der Waals surface area (Å²) in [4.78, 5) is 4.38. The summed E-state index contributed by atoms with van der Waals surface area (Å²) in [5.41, 5.74) is 3.15. The number of rotatable bonds is 4. The molecule has 1 N–H and O–H groups in total. The van der Waals surface area contributed by atoms with Crippen molar-refractivity contribution in [3.8, 4) is 0 Å². The molecule has 0 aliphatic carbocycles. The second kappa shape index (κ2) is 5.74. The standard InChI is InChI=1S/C15H17FN2/c1-11-5-4-8-18-14(11)10-15(17-2)12-6-3-7-13(16)9-12/h3-9,15,17H,10H2,1-2H3. The van der Waals surface area contributed by atoms with Crippen molar-refractivity contribution in [3.05, 3.63) is 65.2 Å². The highest BCUT2D eigenvalue weighted by Gasteiger charge is 2.12. The van der Waals surface area contributed by atoms with Crippen LogP contribution in [0.2, 0.25) is 0 Å². The molecule has 0 bridgehead atoms. The molecule has 1 aromatic heterocycles. The zero-order valence-corrected chi connectivity index (χ0v) is 10.7. The highest BCUT2D eigenvalue weighted by molar-refractivity contribution is 5.25. The van der Waals surface area contributed by atoms with Crippen molar-refractivity contribution in [2.75, 3.05) is 7.05 Å². The molecular weight excluding hydrogens is 227 g/mol. The molecule has 0 aliphatic heterocycles. The van der Waals surface area contributed by atoms with Gasteiger partial charge in [-0.1, -0.05) is 18.2 Å². The van der Waals surface area contributed by atoms with E-state index in [2.05, 4.69) is 10.3 Å². The number of nitrogens with one attached hydrogen (secondary N) is 1. The van der Waals surface area contributed by atoms with Gasteiger partial charge in [-0.25, -0.2) is 4.39 Å². The lowest BCUT2D eigenvalue weighted by Gasteiger charge is -2.17. The van der Waals surface area contributed by atoms with Crippen molar-refractivity contribution in [1.82, 2.24) is 10.3 Å². The Morgan fingerprint density at radius 3 is 2.78 bits per heavy atom. The van der Waals surface area contributed by atoms with Crippen LogP contribution < -0.4 is 5.32 Å². The van der Waals surface area contributed by atoms with Crippen LogP contribution in [0.1, 0.15) is 22.9 Å². The summed E-state index contributed by atoms with van der Waals surface area (Å²) in [7, 11) is 1.88. The maximum Gasteiger partial charge on any atom is 0.123 e. The van der Waals surface area contributed by atoms with E-state index in [-0.39, 0.29) is 11.9 Å². The van der Waals surface area contributed by atoms with Gasteiger partial charge < -0.3 is 5.32 Å². The zero-order chi connectivity index (χ0) is 13.0. The van der Waals surface area contributed by atoms with Crippen molar-refractivity contribution in [1.29, 1.82) is 0 Å². The molecular formula is C15H17FN2. The number of aryl methyl sites for hydroxylation is 1. The van der Waals surface area contributed by atoms with Crippen molar-refractivity contribution in [3.63, 3.8) is 0 Å². The summed E-state index contributed by atoms with van der Waals surface area (Å²) in [6, 6.07) is 10.7. The molecule has 0 radical (unpaired) electrons. The Bertz CT molecular complexity index is 525. The molecule has 0 spiro atoms. The molecule has 0 saturated carbocycles. The fourth-order valence-corrected chi connectivity index (χ4v) is 2.04. The second-order valence-corrected chi connectivity index (χ2v) is 4.37.